The van der Waals surface area contributed by atoms with Crippen LogP contribution in [0.15, 0.2) is 47.9 Å². The van der Waals surface area contributed by atoms with E-state index in [2.05, 4.69) is 16.9 Å². The fourth-order valence-electron chi connectivity index (χ4n) is 2.86. The molecule has 1 aliphatic rings. The molecule has 1 aliphatic heterocycles. The second-order valence-corrected chi connectivity index (χ2v) is 6.71. The summed E-state index contributed by atoms with van der Waals surface area (Å²) in [5.41, 5.74) is 2.49. The normalized spacial score (nSPS) is 14.3. The van der Waals surface area contributed by atoms with Crippen LogP contribution in [0, 0.1) is 10.1 Å². The number of thiophene rings is 1. The van der Waals surface area contributed by atoms with Crippen molar-refractivity contribution in [2.75, 3.05) is 25.1 Å². The molecule has 3 rings (SSSR count). The molecule has 0 atom stereocenters. The number of nitrogens with zero attached hydrogens (tertiary/aromatic N) is 2. The van der Waals surface area contributed by atoms with Crippen LogP contribution in [-0.4, -0.2) is 31.1 Å². The Balaban J connectivity index is 1.83. The van der Waals surface area contributed by atoms with E-state index in [1.807, 2.05) is 16.3 Å². The fourth-order valence-corrected chi connectivity index (χ4v) is 3.66. The first-order valence-electron chi connectivity index (χ1n) is 8.11. The molecule has 6 nitrogen and oxygen atoms in total. The highest BCUT2D eigenvalue weighted by atomic mass is 32.1. The molecule has 2 aromatic rings. The van der Waals surface area contributed by atoms with Gasteiger partial charge in [-0.25, -0.2) is 4.79 Å². The number of hydrogen-bond acceptors (Lipinski definition) is 6. The maximum atomic E-state index is 11.5. The van der Waals surface area contributed by atoms with Crippen LogP contribution >= 0.6 is 11.3 Å². The van der Waals surface area contributed by atoms with Crippen LogP contribution in [0.25, 0.3) is 11.6 Å². The van der Waals surface area contributed by atoms with Gasteiger partial charge in [-0.05, 0) is 41.1 Å². The average Bonchev–Trinajstić information content (AvgIpc) is 3.20. The van der Waals surface area contributed by atoms with E-state index in [1.165, 1.54) is 35.8 Å². The summed E-state index contributed by atoms with van der Waals surface area (Å²) in [6.45, 7) is 1.35. The van der Waals surface area contributed by atoms with E-state index in [0.29, 0.717) is 17.8 Å². The quantitative estimate of drug-likeness (QED) is 0.342. The van der Waals surface area contributed by atoms with E-state index in [0.717, 1.165) is 13.0 Å². The molecule has 0 saturated carbocycles. The zero-order chi connectivity index (χ0) is 18.5. The van der Waals surface area contributed by atoms with E-state index in [4.69, 9.17) is 0 Å². The molecule has 0 unspecified atom stereocenters. The molecule has 1 aromatic carbocycles. The number of ether oxygens (including phenoxy) is 1. The van der Waals surface area contributed by atoms with Crippen molar-refractivity contribution in [2.24, 2.45) is 0 Å². The number of rotatable bonds is 5. The number of esters is 1. The summed E-state index contributed by atoms with van der Waals surface area (Å²) in [5.74, 6) is -0.501. The molecule has 0 spiro atoms. The Hall–Kier alpha value is -2.93. The molecule has 1 aromatic heterocycles. The minimum atomic E-state index is -0.501. The zero-order valence-electron chi connectivity index (χ0n) is 14.3. The van der Waals surface area contributed by atoms with Crippen LogP contribution < -0.4 is 4.90 Å². The predicted octanol–water partition coefficient (Wildman–Crippen LogP) is 4.14. The minimum absolute atomic E-state index is 0.0324. The van der Waals surface area contributed by atoms with Crippen molar-refractivity contribution in [3.63, 3.8) is 0 Å². The molecule has 0 radical (unpaired) electrons. The van der Waals surface area contributed by atoms with Crippen molar-refractivity contribution in [3.8, 4) is 0 Å². The van der Waals surface area contributed by atoms with Crippen LogP contribution in [0.1, 0.15) is 16.9 Å². The van der Waals surface area contributed by atoms with E-state index in [-0.39, 0.29) is 10.6 Å². The van der Waals surface area contributed by atoms with Crippen molar-refractivity contribution >= 4 is 40.3 Å². The second kappa shape index (κ2) is 7.97. The Morgan fingerprint density at radius 3 is 2.85 bits per heavy atom. The van der Waals surface area contributed by atoms with Gasteiger partial charge in [-0.2, -0.15) is 0 Å². The van der Waals surface area contributed by atoms with E-state index in [1.54, 1.807) is 23.5 Å². The number of carbonyl (C=O) groups is 1. The van der Waals surface area contributed by atoms with Crippen LogP contribution in [0.2, 0.25) is 0 Å². The predicted molar refractivity (Wildman–Crippen MR) is 103 cm³/mol. The smallest absolute Gasteiger partial charge is 0.330 e. The Bertz CT molecular complexity index is 872. The van der Waals surface area contributed by atoms with Crippen LogP contribution in [0.4, 0.5) is 11.4 Å². The first kappa shape index (κ1) is 17.9. The van der Waals surface area contributed by atoms with E-state index >= 15 is 0 Å². The lowest BCUT2D eigenvalue weighted by Crippen LogP contribution is -2.28. The van der Waals surface area contributed by atoms with Gasteiger partial charge in [0.1, 0.15) is 5.69 Å². The Labute approximate surface area is 155 Å². The number of nitro groups is 1. The number of carbonyl (C=O) groups excluding carboxylic acids is 1. The van der Waals surface area contributed by atoms with Gasteiger partial charge in [-0.3, -0.25) is 10.1 Å². The number of nitro benzene ring substituents is 1. The highest BCUT2D eigenvalue weighted by Gasteiger charge is 2.22. The summed E-state index contributed by atoms with van der Waals surface area (Å²) in [6.07, 6.45) is 5.73. The van der Waals surface area contributed by atoms with Gasteiger partial charge >= 0.3 is 5.97 Å². The second-order valence-electron chi connectivity index (χ2n) is 5.76. The summed E-state index contributed by atoms with van der Waals surface area (Å²) in [6, 6.07) is 9.10. The zero-order valence-corrected chi connectivity index (χ0v) is 15.1. The summed E-state index contributed by atoms with van der Waals surface area (Å²) in [5, 5.41) is 13.6. The lowest BCUT2D eigenvalue weighted by Gasteiger charge is -2.28. The number of anilines is 1. The van der Waals surface area contributed by atoms with Crippen LogP contribution in [-0.2, 0) is 9.53 Å². The molecular formula is C19H18N2O4S. The third-order valence-corrected chi connectivity index (χ3v) is 5.14. The molecule has 0 aliphatic carbocycles. The van der Waals surface area contributed by atoms with Gasteiger partial charge in [0.05, 0.1) is 12.0 Å². The molecule has 0 fully saturated rings. The number of methoxy groups -OCH3 is 1. The maximum absolute atomic E-state index is 11.5. The average molecular weight is 370 g/mol. The first-order chi connectivity index (χ1) is 12.6. The standard InChI is InChI=1S/C19H18N2O4S/c1-25-19(22)7-5-14-4-6-16(17(13-14)21(23)24)20-10-8-15(9-11-20)18-3-2-12-26-18/h2-8,12-13H,9-11H2,1H3/b7-5+. The molecule has 134 valence electrons. The lowest BCUT2D eigenvalue weighted by molar-refractivity contribution is -0.384. The Morgan fingerprint density at radius 2 is 2.23 bits per heavy atom. The summed E-state index contributed by atoms with van der Waals surface area (Å²) in [7, 11) is 1.28. The molecular weight excluding hydrogens is 352 g/mol. The third-order valence-electron chi connectivity index (χ3n) is 4.20. The lowest BCUT2D eigenvalue weighted by atomic mass is 10.0. The highest BCUT2D eigenvalue weighted by molar-refractivity contribution is 7.11. The molecule has 0 N–H and O–H groups in total. The molecule has 7 heteroatoms. The van der Waals surface area contributed by atoms with Gasteiger partial charge in [-0.15, -0.1) is 11.3 Å². The molecule has 0 amide bonds. The van der Waals surface area contributed by atoms with Crippen molar-refractivity contribution in [1.82, 2.24) is 0 Å². The van der Waals surface area contributed by atoms with Gasteiger partial charge in [0, 0.05) is 30.1 Å². The molecule has 2 heterocycles. The van der Waals surface area contributed by atoms with Crippen LogP contribution in [0.3, 0.4) is 0 Å². The summed E-state index contributed by atoms with van der Waals surface area (Å²) >= 11 is 1.71. The first-order valence-corrected chi connectivity index (χ1v) is 8.99. The summed E-state index contributed by atoms with van der Waals surface area (Å²) < 4.78 is 4.54. The molecule has 26 heavy (non-hydrogen) atoms. The van der Waals surface area contributed by atoms with Crippen molar-refractivity contribution in [1.29, 1.82) is 0 Å². The molecule has 0 saturated heterocycles. The van der Waals surface area contributed by atoms with Crippen molar-refractivity contribution < 1.29 is 14.5 Å². The van der Waals surface area contributed by atoms with Gasteiger partial charge in [0.15, 0.2) is 0 Å². The minimum Gasteiger partial charge on any atom is -0.466 e. The molecule has 0 bridgehead atoms. The van der Waals surface area contributed by atoms with Gasteiger partial charge in [0.25, 0.3) is 5.69 Å². The van der Waals surface area contributed by atoms with Crippen LogP contribution in [0.5, 0.6) is 0 Å². The Kier molecular flexibility index (Phi) is 5.48. The van der Waals surface area contributed by atoms with Gasteiger partial charge in [-0.1, -0.05) is 18.2 Å². The highest BCUT2D eigenvalue weighted by Crippen LogP contribution is 2.33. The van der Waals surface area contributed by atoms with Gasteiger partial charge in [0.2, 0.25) is 0 Å². The Morgan fingerprint density at radius 1 is 1.38 bits per heavy atom. The van der Waals surface area contributed by atoms with E-state index in [9.17, 15) is 14.9 Å². The summed E-state index contributed by atoms with van der Waals surface area (Å²) in [4.78, 5) is 25.6. The van der Waals surface area contributed by atoms with Crippen molar-refractivity contribution in [2.45, 2.75) is 6.42 Å². The number of benzene rings is 1. The maximum Gasteiger partial charge on any atom is 0.330 e. The van der Waals surface area contributed by atoms with Crippen molar-refractivity contribution in [3.05, 3.63) is 68.4 Å². The van der Waals surface area contributed by atoms with Gasteiger partial charge < -0.3 is 9.64 Å². The topological polar surface area (TPSA) is 72.7 Å². The SMILES string of the molecule is COC(=O)/C=C/c1ccc(N2CC=C(c3cccs3)CC2)c([N+](=O)[O-])c1. The fraction of sp³-hybridized carbons (Fsp3) is 0.211. The largest absolute Gasteiger partial charge is 0.466 e. The monoisotopic (exact) mass is 370 g/mol. The van der Waals surface area contributed by atoms with E-state index < -0.39 is 5.97 Å². The third kappa shape index (κ3) is 4.00. The number of hydrogen-bond donors (Lipinski definition) is 0.